The highest BCUT2D eigenvalue weighted by atomic mass is 19.1. The molecule has 0 saturated heterocycles. The van der Waals surface area contributed by atoms with E-state index in [1.54, 1.807) is 0 Å². The van der Waals surface area contributed by atoms with Gasteiger partial charge in [-0.15, -0.1) is 0 Å². The van der Waals surface area contributed by atoms with Crippen LogP contribution in [0.3, 0.4) is 0 Å². The minimum absolute atomic E-state index is 0.0245. The van der Waals surface area contributed by atoms with E-state index in [9.17, 15) is 9.18 Å². The predicted molar refractivity (Wildman–Crippen MR) is 62.7 cm³/mol. The molecular formula is C11H16FN3O. The van der Waals surface area contributed by atoms with Crippen molar-refractivity contribution >= 4 is 17.4 Å². The lowest BCUT2D eigenvalue weighted by molar-refractivity contribution is 0.252. The van der Waals surface area contributed by atoms with Gasteiger partial charge in [-0.3, -0.25) is 0 Å². The molecule has 4 nitrogen and oxygen atoms in total. The van der Waals surface area contributed by atoms with Gasteiger partial charge in [0.15, 0.2) is 0 Å². The standard InChI is InChI=1S/C11H16FN3O/c1-2-3-7-14-11(16)15-10-8(12)5-4-6-9(10)13/h4-6H,2-3,7,13H2,1H3,(H2,14,15,16). The molecule has 5 heteroatoms. The molecule has 1 aromatic rings. The molecule has 0 heterocycles. The van der Waals surface area contributed by atoms with Crippen molar-refractivity contribution in [2.75, 3.05) is 17.6 Å². The largest absolute Gasteiger partial charge is 0.397 e. The maximum absolute atomic E-state index is 13.3. The average Bonchev–Trinajstić information content (AvgIpc) is 2.24. The number of nitrogen functional groups attached to an aromatic ring is 1. The fourth-order valence-electron chi connectivity index (χ4n) is 1.21. The summed E-state index contributed by atoms with van der Waals surface area (Å²) in [6.45, 7) is 2.59. The smallest absolute Gasteiger partial charge is 0.319 e. The second-order valence-corrected chi connectivity index (χ2v) is 3.44. The second kappa shape index (κ2) is 5.95. The number of amides is 2. The number of rotatable bonds is 4. The van der Waals surface area contributed by atoms with E-state index in [1.165, 1.54) is 18.2 Å². The summed E-state index contributed by atoms with van der Waals surface area (Å²) in [5.41, 5.74) is 5.78. The number of nitrogens with two attached hydrogens (primary N) is 1. The Morgan fingerprint density at radius 2 is 2.25 bits per heavy atom. The van der Waals surface area contributed by atoms with Crippen LogP contribution < -0.4 is 16.4 Å². The molecule has 16 heavy (non-hydrogen) atoms. The molecular weight excluding hydrogens is 209 g/mol. The van der Waals surface area contributed by atoms with Gasteiger partial charge in [-0.25, -0.2) is 9.18 Å². The fraction of sp³-hybridized carbons (Fsp3) is 0.364. The van der Waals surface area contributed by atoms with Gasteiger partial charge in [0.05, 0.1) is 5.69 Å². The van der Waals surface area contributed by atoms with Crippen molar-refractivity contribution in [2.24, 2.45) is 0 Å². The third kappa shape index (κ3) is 3.42. The number of para-hydroxylation sites is 1. The number of unbranched alkanes of at least 4 members (excludes halogenated alkanes) is 1. The fourth-order valence-corrected chi connectivity index (χ4v) is 1.21. The predicted octanol–water partition coefficient (Wildman–Crippen LogP) is 2.33. The van der Waals surface area contributed by atoms with E-state index >= 15 is 0 Å². The Kier molecular flexibility index (Phi) is 4.57. The van der Waals surface area contributed by atoms with Crippen LogP contribution in [0.15, 0.2) is 18.2 Å². The SMILES string of the molecule is CCCCNC(=O)Nc1c(N)cccc1F. The summed E-state index contributed by atoms with van der Waals surface area (Å²) in [7, 11) is 0. The van der Waals surface area contributed by atoms with Crippen molar-refractivity contribution < 1.29 is 9.18 Å². The Balaban J connectivity index is 2.56. The summed E-state index contributed by atoms with van der Waals surface area (Å²) >= 11 is 0. The van der Waals surface area contributed by atoms with Gasteiger partial charge in [-0.2, -0.15) is 0 Å². The molecule has 0 aliphatic heterocycles. The molecule has 0 bridgehead atoms. The van der Waals surface area contributed by atoms with Gasteiger partial charge >= 0.3 is 6.03 Å². The first kappa shape index (κ1) is 12.3. The summed E-state index contributed by atoms with van der Waals surface area (Å²) < 4.78 is 13.3. The molecule has 0 aliphatic carbocycles. The van der Waals surface area contributed by atoms with E-state index in [0.717, 1.165) is 12.8 Å². The monoisotopic (exact) mass is 225 g/mol. The topological polar surface area (TPSA) is 67.2 Å². The van der Waals surface area contributed by atoms with Gasteiger partial charge in [-0.1, -0.05) is 19.4 Å². The summed E-state index contributed by atoms with van der Waals surface area (Å²) in [5, 5.41) is 5.00. The Morgan fingerprint density at radius 1 is 1.50 bits per heavy atom. The third-order valence-corrected chi connectivity index (χ3v) is 2.10. The van der Waals surface area contributed by atoms with Gasteiger partial charge < -0.3 is 16.4 Å². The quantitative estimate of drug-likeness (QED) is 0.543. The number of anilines is 2. The van der Waals surface area contributed by atoms with Crippen LogP contribution in [-0.4, -0.2) is 12.6 Å². The highest BCUT2D eigenvalue weighted by Crippen LogP contribution is 2.21. The van der Waals surface area contributed by atoms with Crippen LogP contribution in [0, 0.1) is 5.82 Å². The van der Waals surface area contributed by atoms with Crippen molar-refractivity contribution in [1.29, 1.82) is 0 Å². The first-order chi connectivity index (χ1) is 7.65. The Labute approximate surface area is 94.0 Å². The molecule has 1 rings (SSSR count). The molecule has 0 aliphatic rings. The van der Waals surface area contributed by atoms with Crippen LogP contribution in [0.1, 0.15) is 19.8 Å². The maximum Gasteiger partial charge on any atom is 0.319 e. The van der Waals surface area contributed by atoms with Gasteiger partial charge in [-0.05, 0) is 18.6 Å². The van der Waals surface area contributed by atoms with Gasteiger partial charge in [0.2, 0.25) is 0 Å². The number of urea groups is 1. The number of nitrogens with one attached hydrogen (secondary N) is 2. The Bertz CT molecular complexity index is 348. The average molecular weight is 225 g/mol. The molecule has 0 fully saturated rings. The number of halogens is 1. The van der Waals surface area contributed by atoms with E-state index in [-0.39, 0.29) is 11.4 Å². The third-order valence-electron chi connectivity index (χ3n) is 2.10. The van der Waals surface area contributed by atoms with Crippen LogP contribution >= 0.6 is 0 Å². The lowest BCUT2D eigenvalue weighted by Crippen LogP contribution is -2.30. The molecule has 0 unspecified atom stereocenters. The molecule has 0 aromatic heterocycles. The normalized spacial score (nSPS) is 9.88. The first-order valence-corrected chi connectivity index (χ1v) is 5.24. The molecule has 0 saturated carbocycles. The zero-order valence-electron chi connectivity index (χ0n) is 9.22. The van der Waals surface area contributed by atoms with Crippen LogP contribution in [0.4, 0.5) is 20.6 Å². The molecule has 0 atom stereocenters. The van der Waals surface area contributed by atoms with Gasteiger partial charge in [0, 0.05) is 6.54 Å². The van der Waals surface area contributed by atoms with E-state index in [1.807, 2.05) is 6.92 Å². The molecule has 0 radical (unpaired) electrons. The van der Waals surface area contributed by atoms with Gasteiger partial charge in [0.1, 0.15) is 11.5 Å². The lowest BCUT2D eigenvalue weighted by atomic mass is 10.2. The van der Waals surface area contributed by atoms with Crippen molar-refractivity contribution in [3.63, 3.8) is 0 Å². The van der Waals surface area contributed by atoms with Crippen LogP contribution in [0.5, 0.6) is 0 Å². The minimum Gasteiger partial charge on any atom is -0.397 e. The summed E-state index contributed by atoms with van der Waals surface area (Å²) in [6.07, 6.45) is 1.88. The van der Waals surface area contributed by atoms with E-state index in [0.29, 0.717) is 6.54 Å². The zero-order valence-corrected chi connectivity index (χ0v) is 9.22. The van der Waals surface area contributed by atoms with Crippen LogP contribution in [-0.2, 0) is 0 Å². The molecule has 88 valence electrons. The maximum atomic E-state index is 13.3. The number of benzene rings is 1. The summed E-state index contributed by atoms with van der Waals surface area (Å²) in [5.74, 6) is -0.536. The number of carbonyl (C=O) groups is 1. The van der Waals surface area contributed by atoms with Crippen molar-refractivity contribution in [3.05, 3.63) is 24.0 Å². The molecule has 4 N–H and O–H groups in total. The lowest BCUT2D eigenvalue weighted by Gasteiger charge is -2.09. The van der Waals surface area contributed by atoms with E-state index in [2.05, 4.69) is 10.6 Å². The van der Waals surface area contributed by atoms with Crippen molar-refractivity contribution in [3.8, 4) is 0 Å². The number of carbonyl (C=O) groups excluding carboxylic acids is 1. The summed E-state index contributed by atoms with van der Waals surface area (Å²) in [6, 6.07) is 3.83. The van der Waals surface area contributed by atoms with Crippen LogP contribution in [0.25, 0.3) is 0 Å². The molecule has 1 aromatic carbocycles. The highest BCUT2D eigenvalue weighted by Gasteiger charge is 2.08. The Hall–Kier alpha value is -1.78. The Morgan fingerprint density at radius 3 is 2.88 bits per heavy atom. The second-order valence-electron chi connectivity index (χ2n) is 3.44. The molecule has 2 amide bonds. The highest BCUT2D eigenvalue weighted by molar-refractivity contribution is 5.92. The number of hydrogen-bond donors (Lipinski definition) is 3. The summed E-state index contributed by atoms with van der Waals surface area (Å²) in [4.78, 5) is 11.3. The van der Waals surface area contributed by atoms with Gasteiger partial charge in [0.25, 0.3) is 0 Å². The van der Waals surface area contributed by atoms with Crippen molar-refractivity contribution in [2.45, 2.75) is 19.8 Å². The zero-order chi connectivity index (χ0) is 12.0. The molecule has 0 spiro atoms. The van der Waals surface area contributed by atoms with Crippen molar-refractivity contribution in [1.82, 2.24) is 5.32 Å². The van der Waals surface area contributed by atoms with E-state index in [4.69, 9.17) is 5.73 Å². The first-order valence-electron chi connectivity index (χ1n) is 5.24. The number of hydrogen-bond acceptors (Lipinski definition) is 2. The minimum atomic E-state index is -0.536. The van der Waals surface area contributed by atoms with Crippen LogP contribution in [0.2, 0.25) is 0 Å². The van der Waals surface area contributed by atoms with E-state index < -0.39 is 11.8 Å².